The van der Waals surface area contributed by atoms with Gasteiger partial charge in [-0.05, 0) is 31.8 Å². The molecule has 0 atom stereocenters. The molecule has 0 spiro atoms. The van der Waals surface area contributed by atoms with E-state index in [-0.39, 0.29) is 0 Å². The lowest BCUT2D eigenvalue weighted by molar-refractivity contribution is 0.304. The third-order valence-corrected chi connectivity index (χ3v) is 3.27. The maximum atomic E-state index is 5.88. The molecule has 0 radical (unpaired) electrons. The Morgan fingerprint density at radius 1 is 1.30 bits per heavy atom. The molecule has 0 saturated heterocycles. The van der Waals surface area contributed by atoms with Crippen LogP contribution >= 0.6 is 11.6 Å². The summed E-state index contributed by atoms with van der Waals surface area (Å²) in [7, 11) is 4.00. The molecule has 0 aliphatic rings. The summed E-state index contributed by atoms with van der Waals surface area (Å²) in [6.07, 6.45) is 1.98. The Hall–Kier alpha value is -1.43. The van der Waals surface area contributed by atoms with Gasteiger partial charge >= 0.3 is 0 Å². The highest BCUT2D eigenvalue weighted by Crippen LogP contribution is 2.10. The van der Waals surface area contributed by atoms with E-state index in [1.54, 1.807) is 0 Å². The summed E-state index contributed by atoms with van der Waals surface area (Å²) >= 11 is 5.88. The fourth-order valence-corrected chi connectivity index (χ4v) is 2.09. The van der Waals surface area contributed by atoms with Gasteiger partial charge < -0.3 is 10.2 Å². The van der Waals surface area contributed by atoms with Gasteiger partial charge in [0.2, 0.25) is 0 Å². The van der Waals surface area contributed by atoms with Gasteiger partial charge in [-0.15, -0.1) is 5.10 Å². The zero-order valence-corrected chi connectivity index (χ0v) is 12.6. The highest BCUT2D eigenvalue weighted by Gasteiger charge is 2.03. The molecule has 2 aromatic rings. The molecule has 0 fully saturated rings. The standard InChI is InChI=1S/C14H20ClN5/c1-16-9-14-11-20(18-17-14)8-7-19(2)10-12-3-5-13(15)6-4-12/h3-6,11,16H,7-10H2,1-2H3. The first-order valence-corrected chi connectivity index (χ1v) is 7.02. The van der Waals surface area contributed by atoms with Crippen molar-refractivity contribution in [2.24, 2.45) is 0 Å². The van der Waals surface area contributed by atoms with Crippen molar-refractivity contribution in [1.82, 2.24) is 25.2 Å². The SMILES string of the molecule is CNCc1cn(CCN(C)Cc2ccc(Cl)cc2)nn1. The molecule has 0 bridgehead atoms. The Bertz CT molecular complexity index is 523. The number of aromatic nitrogens is 3. The zero-order chi connectivity index (χ0) is 14.4. The van der Waals surface area contributed by atoms with E-state index in [1.165, 1.54) is 5.56 Å². The van der Waals surface area contributed by atoms with Gasteiger partial charge in [0.05, 0.1) is 12.2 Å². The fraction of sp³-hybridized carbons (Fsp3) is 0.429. The lowest BCUT2D eigenvalue weighted by atomic mass is 10.2. The van der Waals surface area contributed by atoms with Crippen LogP contribution in [0.1, 0.15) is 11.3 Å². The molecule has 1 aromatic heterocycles. The maximum Gasteiger partial charge on any atom is 0.0964 e. The molecule has 0 unspecified atom stereocenters. The number of nitrogens with one attached hydrogen (secondary N) is 1. The summed E-state index contributed by atoms with van der Waals surface area (Å²) in [6, 6.07) is 7.96. The zero-order valence-electron chi connectivity index (χ0n) is 11.9. The third-order valence-electron chi connectivity index (χ3n) is 3.02. The number of likely N-dealkylation sites (N-methyl/N-ethyl adjacent to an activating group) is 1. The van der Waals surface area contributed by atoms with Gasteiger partial charge in [-0.2, -0.15) is 0 Å². The third kappa shape index (κ3) is 4.59. The van der Waals surface area contributed by atoms with Crippen molar-refractivity contribution in [2.75, 3.05) is 20.6 Å². The first kappa shape index (κ1) is 15.0. The summed E-state index contributed by atoms with van der Waals surface area (Å²) in [5.74, 6) is 0. The molecule has 0 aliphatic heterocycles. The largest absolute Gasteiger partial charge is 0.314 e. The van der Waals surface area contributed by atoms with Gasteiger partial charge in [-0.25, -0.2) is 0 Å². The average molecular weight is 294 g/mol. The minimum atomic E-state index is 0.751. The first-order chi connectivity index (χ1) is 9.67. The predicted octanol–water partition coefficient (Wildman–Crippen LogP) is 1.78. The molecule has 0 amide bonds. The van der Waals surface area contributed by atoms with Crippen LogP contribution < -0.4 is 5.32 Å². The van der Waals surface area contributed by atoms with Crippen molar-refractivity contribution in [2.45, 2.75) is 19.6 Å². The van der Waals surface area contributed by atoms with Gasteiger partial charge in [-0.1, -0.05) is 28.9 Å². The van der Waals surface area contributed by atoms with Gasteiger partial charge in [0.1, 0.15) is 0 Å². The van der Waals surface area contributed by atoms with Crippen molar-refractivity contribution in [1.29, 1.82) is 0 Å². The van der Waals surface area contributed by atoms with Gasteiger partial charge in [0.25, 0.3) is 0 Å². The van der Waals surface area contributed by atoms with Crippen LogP contribution in [0.25, 0.3) is 0 Å². The Morgan fingerprint density at radius 3 is 2.75 bits per heavy atom. The number of hydrogen-bond acceptors (Lipinski definition) is 4. The summed E-state index contributed by atoms with van der Waals surface area (Å²) in [6.45, 7) is 3.40. The summed E-state index contributed by atoms with van der Waals surface area (Å²) in [5.41, 5.74) is 2.22. The number of rotatable bonds is 7. The van der Waals surface area contributed by atoms with Gasteiger partial charge in [0.15, 0.2) is 0 Å². The molecule has 2 rings (SSSR count). The first-order valence-electron chi connectivity index (χ1n) is 6.64. The molecule has 108 valence electrons. The molecule has 5 nitrogen and oxygen atoms in total. The van der Waals surface area contributed by atoms with Crippen molar-refractivity contribution >= 4 is 11.6 Å². The van der Waals surface area contributed by atoms with E-state index in [9.17, 15) is 0 Å². The molecule has 1 N–H and O–H groups in total. The Labute approximate surface area is 124 Å². The monoisotopic (exact) mass is 293 g/mol. The molecule has 0 aliphatic carbocycles. The van der Waals surface area contributed by atoms with E-state index < -0.39 is 0 Å². The average Bonchev–Trinajstić information content (AvgIpc) is 2.87. The smallest absolute Gasteiger partial charge is 0.0964 e. The van der Waals surface area contributed by atoms with Crippen LogP contribution in [0.4, 0.5) is 0 Å². The number of hydrogen-bond donors (Lipinski definition) is 1. The number of benzene rings is 1. The highest BCUT2D eigenvalue weighted by atomic mass is 35.5. The fourth-order valence-electron chi connectivity index (χ4n) is 1.96. The topological polar surface area (TPSA) is 46.0 Å². The second-order valence-electron chi connectivity index (χ2n) is 4.87. The van der Waals surface area contributed by atoms with Gasteiger partial charge in [0, 0.05) is 30.9 Å². The maximum absolute atomic E-state index is 5.88. The van der Waals surface area contributed by atoms with Crippen LogP contribution in [0, 0.1) is 0 Å². The molecule has 1 aromatic carbocycles. The summed E-state index contributed by atoms with van der Waals surface area (Å²) in [5, 5.41) is 12.0. The lowest BCUT2D eigenvalue weighted by Gasteiger charge is -2.16. The highest BCUT2D eigenvalue weighted by molar-refractivity contribution is 6.30. The molecule has 6 heteroatoms. The molecule has 1 heterocycles. The van der Waals surface area contributed by atoms with E-state index >= 15 is 0 Å². The second kappa shape index (κ2) is 7.38. The molecular formula is C14H20ClN5. The Kier molecular flexibility index (Phi) is 5.52. The minimum absolute atomic E-state index is 0.751. The predicted molar refractivity (Wildman–Crippen MR) is 80.6 cm³/mol. The Morgan fingerprint density at radius 2 is 2.05 bits per heavy atom. The van der Waals surface area contributed by atoms with Crippen LogP contribution in [0.5, 0.6) is 0 Å². The van der Waals surface area contributed by atoms with Crippen LogP contribution in [0.2, 0.25) is 5.02 Å². The second-order valence-corrected chi connectivity index (χ2v) is 5.30. The van der Waals surface area contributed by atoms with Crippen molar-refractivity contribution in [3.63, 3.8) is 0 Å². The molecule has 20 heavy (non-hydrogen) atoms. The Balaban J connectivity index is 1.79. The van der Waals surface area contributed by atoms with Crippen molar-refractivity contribution in [3.8, 4) is 0 Å². The lowest BCUT2D eigenvalue weighted by Crippen LogP contribution is -2.23. The minimum Gasteiger partial charge on any atom is -0.314 e. The van der Waals surface area contributed by atoms with Crippen molar-refractivity contribution in [3.05, 3.63) is 46.7 Å². The van der Waals surface area contributed by atoms with Crippen molar-refractivity contribution < 1.29 is 0 Å². The molecule has 0 saturated carbocycles. The summed E-state index contributed by atoms with van der Waals surface area (Å²) in [4.78, 5) is 2.25. The van der Waals surface area contributed by atoms with E-state index in [2.05, 4.69) is 39.7 Å². The van der Waals surface area contributed by atoms with Crippen LogP contribution in [0.3, 0.4) is 0 Å². The van der Waals surface area contributed by atoms with Crippen LogP contribution in [-0.2, 0) is 19.6 Å². The quantitative estimate of drug-likeness (QED) is 0.845. The summed E-state index contributed by atoms with van der Waals surface area (Å²) < 4.78 is 1.88. The van der Waals surface area contributed by atoms with E-state index in [1.807, 2.05) is 30.1 Å². The van der Waals surface area contributed by atoms with E-state index in [0.717, 1.165) is 36.9 Å². The van der Waals surface area contributed by atoms with E-state index in [4.69, 9.17) is 11.6 Å². The number of nitrogens with zero attached hydrogens (tertiary/aromatic N) is 4. The van der Waals surface area contributed by atoms with Gasteiger partial charge in [-0.3, -0.25) is 4.68 Å². The van der Waals surface area contributed by atoms with E-state index in [0.29, 0.717) is 0 Å². The number of halogens is 1. The normalized spacial score (nSPS) is 11.2. The van der Waals surface area contributed by atoms with Crippen LogP contribution in [0.15, 0.2) is 30.5 Å². The molecular weight excluding hydrogens is 274 g/mol. The van der Waals surface area contributed by atoms with Crippen LogP contribution in [-0.4, -0.2) is 40.5 Å².